The monoisotopic (exact) mass is 286 g/mol. The first-order chi connectivity index (χ1) is 8.86. The van der Waals surface area contributed by atoms with Gasteiger partial charge >= 0.3 is 16.2 Å². The van der Waals surface area contributed by atoms with Crippen LogP contribution in [-0.4, -0.2) is 37.4 Å². The Kier molecular flexibility index (Phi) is 5.31. The highest BCUT2D eigenvalue weighted by atomic mass is 32.2. The molecular formula is C12H18N2O4S. The van der Waals surface area contributed by atoms with Gasteiger partial charge in [0.25, 0.3) is 0 Å². The van der Waals surface area contributed by atoms with E-state index in [4.69, 9.17) is 5.11 Å². The van der Waals surface area contributed by atoms with E-state index in [1.54, 1.807) is 0 Å². The van der Waals surface area contributed by atoms with Gasteiger partial charge in [-0.15, -0.1) is 0 Å². The highest BCUT2D eigenvalue weighted by Crippen LogP contribution is 2.13. The second-order valence-electron chi connectivity index (χ2n) is 4.16. The van der Waals surface area contributed by atoms with Crippen molar-refractivity contribution >= 4 is 21.9 Å². The van der Waals surface area contributed by atoms with Gasteiger partial charge in [0.15, 0.2) is 0 Å². The highest BCUT2D eigenvalue weighted by molar-refractivity contribution is 7.90. The maximum absolute atomic E-state index is 11.9. The van der Waals surface area contributed by atoms with Crippen LogP contribution in [0.25, 0.3) is 0 Å². The van der Waals surface area contributed by atoms with Crippen molar-refractivity contribution in [1.82, 2.24) is 4.31 Å². The first kappa shape index (κ1) is 15.5. The third kappa shape index (κ3) is 4.53. The number of carbonyl (C=O) groups is 1. The van der Waals surface area contributed by atoms with Crippen LogP contribution in [0.15, 0.2) is 24.3 Å². The Hall–Kier alpha value is -1.60. The van der Waals surface area contributed by atoms with Gasteiger partial charge in [0, 0.05) is 19.3 Å². The molecule has 7 heteroatoms. The SMILES string of the molecule is CCCCN(C)S(=O)(=O)Nc1ccc(C(=O)O)cc1. The Labute approximate surface area is 113 Å². The van der Waals surface area contributed by atoms with Gasteiger partial charge in [-0.05, 0) is 30.7 Å². The number of benzene rings is 1. The second-order valence-corrected chi connectivity index (χ2v) is 5.94. The normalized spacial score (nSPS) is 11.5. The fourth-order valence-electron chi connectivity index (χ4n) is 1.41. The lowest BCUT2D eigenvalue weighted by Gasteiger charge is -2.17. The van der Waals surface area contributed by atoms with Crippen molar-refractivity contribution in [2.24, 2.45) is 0 Å². The Morgan fingerprint density at radius 2 is 1.89 bits per heavy atom. The van der Waals surface area contributed by atoms with E-state index in [0.717, 1.165) is 12.8 Å². The van der Waals surface area contributed by atoms with Crippen LogP contribution in [-0.2, 0) is 10.2 Å². The van der Waals surface area contributed by atoms with Crippen LogP contribution in [0.3, 0.4) is 0 Å². The van der Waals surface area contributed by atoms with E-state index in [-0.39, 0.29) is 5.56 Å². The summed E-state index contributed by atoms with van der Waals surface area (Å²) in [5.41, 5.74) is 0.454. The molecule has 0 aliphatic rings. The number of aromatic carboxylic acids is 1. The summed E-state index contributed by atoms with van der Waals surface area (Å²) in [6, 6.07) is 5.56. The summed E-state index contributed by atoms with van der Waals surface area (Å²) in [5, 5.41) is 8.75. The summed E-state index contributed by atoms with van der Waals surface area (Å²) >= 11 is 0. The van der Waals surface area contributed by atoms with Crippen molar-refractivity contribution in [1.29, 1.82) is 0 Å². The number of hydrogen-bond acceptors (Lipinski definition) is 3. The minimum atomic E-state index is -3.58. The lowest BCUT2D eigenvalue weighted by Crippen LogP contribution is -2.33. The molecule has 0 aliphatic carbocycles. The molecule has 0 heterocycles. The zero-order valence-electron chi connectivity index (χ0n) is 11.0. The Morgan fingerprint density at radius 1 is 1.32 bits per heavy atom. The zero-order chi connectivity index (χ0) is 14.5. The maximum Gasteiger partial charge on any atom is 0.335 e. The van der Waals surface area contributed by atoms with E-state index >= 15 is 0 Å². The molecule has 0 aliphatic heterocycles. The largest absolute Gasteiger partial charge is 0.478 e. The van der Waals surface area contributed by atoms with E-state index in [2.05, 4.69) is 4.72 Å². The van der Waals surface area contributed by atoms with Crippen LogP contribution in [0.2, 0.25) is 0 Å². The number of carboxylic acid groups (broad SMARTS) is 1. The summed E-state index contributed by atoms with van der Waals surface area (Å²) in [7, 11) is -2.08. The van der Waals surface area contributed by atoms with Crippen molar-refractivity contribution in [2.75, 3.05) is 18.3 Å². The van der Waals surface area contributed by atoms with E-state index < -0.39 is 16.2 Å². The molecule has 1 aromatic carbocycles. The number of hydrogen-bond donors (Lipinski definition) is 2. The fourth-order valence-corrected chi connectivity index (χ4v) is 2.37. The Morgan fingerprint density at radius 3 is 2.37 bits per heavy atom. The van der Waals surface area contributed by atoms with Gasteiger partial charge in [0.05, 0.1) is 5.56 Å². The molecule has 1 aromatic rings. The van der Waals surface area contributed by atoms with E-state index in [9.17, 15) is 13.2 Å². The summed E-state index contributed by atoms with van der Waals surface area (Å²) < 4.78 is 27.5. The average molecular weight is 286 g/mol. The average Bonchev–Trinajstić information content (AvgIpc) is 2.36. The van der Waals surface area contributed by atoms with Crippen LogP contribution in [0.1, 0.15) is 30.1 Å². The summed E-state index contributed by atoms with van der Waals surface area (Å²) in [6.45, 7) is 2.43. The summed E-state index contributed by atoms with van der Waals surface area (Å²) in [6.07, 6.45) is 1.70. The van der Waals surface area contributed by atoms with E-state index in [1.165, 1.54) is 35.6 Å². The van der Waals surface area contributed by atoms with Gasteiger partial charge in [-0.1, -0.05) is 13.3 Å². The number of unbranched alkanes of at least 4 members (excludes halogenated alkanes) is 1. The Bertz CT molecular complexity index is 525. The number of carboxylic acids is 1. The number of nitrogens with zero attached hydrogens (tertiary/aromatic N) is 1. The molecule has 0 spiro atoms. The maximum atomic E-state index is 11.9. The fraction of sp³-hybridized carbons (Fsp3) is 0.417. The van der Waals surface area contributed by atoms with Crippen molar-refractivity contribution in [3.63, 3.8) is 0 Å². The molecule has 0 radical (unpaired) electrons. The molecule has 0 amide bonds. The van der Waals surface area contributed by atoms with Crippen LogP contribution >= 0.6 is 0 Å². The van der Waals surface area contributed by atoms with Gasteiger partial charge in [-0.25, -0.2) is 4.79 Å². The van der Waals surface area contributed by atoms with Crippen molar-refractivity contribution in [3.8, 4) is 0 Å². The number of anilines is 1. The third-order valence-electron chi connectivity index (χ3n) is 2.62. The molecule has 0 aromatic heterocycles. The topological polar surface area (TPSA) is 86.7 Å². The molecule has 0 saturated heterocycles. The van der Waals surface area contributed by atoms with Crippen LogP contribution < -0.4 is 4.72 Å². The van der Waals surface area contributed by atoms with Crippen LogP contribution in [0.5, 0.6) is 0 Å². The molecule has 0 bridgehead atoms. The van der Waals surface area contributed by atoms with Crippen molar-refractivity contribution < 1.29 is 18.3 Å². The van der Waals surface area contributed by atoms with Gasteiger partial charge in [-0.3, -0.25) is 4.72 Å². The Balaban J connectivity index is 2.75. The van der Waals surface area contributed by atoms with Crippen molar-refractivity contribution in [3.05, 3.63) is 29.8 Å². The quantitative estimate of drug-likeness (QED) is 0.799. The lowest BCUT2D eigenvalue weighted by molar-refractivity contribution is 0.0697. The molecule has 6 nitrogen and oxygen atoms in total. The minimum absolute atomic E-state index is 0.113. The molecule has 2 N–H and O–H groups in total. The lowest BCUT2D eigenvalue weighted by atomic mass is 10.2. The van der Waals surface area contributed by atoms with Gasteiger partial charge in [0.1, 0.15) is 0 Å². The van der Waals surface area contributed by atoms with Gasteiger partial charge in [0.2, 0.25) is 0 Å². The van der Waals surface area contributed by atoms with Gasteiger partial charge < -0.3 is 5.11 Å². The van der Waals surface area contributed by atoms with E-state index in [1.807, 2.05) is 6.92 Å². The molecule has 19 heavy (non-hydrogen) atoms. The predicted molar refractivity (Wildman–Crippen MR) is 73.5 cm³/mol. The van der Waals surface area contributed by atoms with Crippen LogP contribution in [0, 0.1) is 0 Å². The minimum Gasteiger partial charge on any atom is -0.478 e. The predicted octanol–water partition coefficient (Wildman–Crippen LogP) is 1.77. The first-order valence-corrected chi connectivity index (χ1v) is 7.38. The molecule has 0 unspecified atom stereocenters. The second kappa shape index (κ2) is 6.53. The summed E-state index contributed by atoms with van der Waals surface area (Å²) in [5.74, 6) is -1.05. The molecule has 0 fully saturated rings. The number of rotatable bonds is 7. The molecule has 0 atom stereocenters. The molecular weight excluding hydrogens is 268 g/mol. The van der Waals surface area contributed by atoms with Gasteiger partial charge in [-0.2, -0.15) is 12.7 Å². The smallest absolute Gasteiger partial charge is 0.335 e. The first-order valence-electron chi connectivity index (χ1n) is 5.94. The van der Waals surface area contributed by atoms with Crippen LogP contribution in [0.4, 0.5) is 5.69 Å². The molecule has 1 rings (SSSR count). The standard InChI is InChI=1S/C12H18N2O4S/c1-3-4-9-14(2)19(17,18)13-11-7-5-10(6-8-11)12(15)16/h5-8,13H,3-4,9H2,1-2H3,(H,15,16). The third-order valence-corrected chi connectivity index (χ3v) is 4.11. The highest BCUT2D eigenvalue weighted by Gasteiger charge is 2.16. The number of nitrogens with one attached hydrogen (secondary N) is 1. The van der Waals surface area contributed by atoms with E-state index in [0.29, 0.717) is 12.2 Å². The zero-order valence-corrected chi connectivity index (χ0v) is 11.8. The molecule has 0 saturated carbocycles. The van der Waals surface area contributed by atoms with Crippen molar-refractivity contribution in [2.45, 2.75) is 19.8 Å². The molecule has 106 valence electrons. The summed E-state index contributed by atoms with van der Waals surface area (Å²) in [4.78, 5) is 10.7.